The topological polar surface area (TPSA) is 40.5 Å². The molecule has 3 aliphatic carbocycles. The Balaban J connectivity index is 1.82. The number of hydrogen-bond donors (Lipinski definition) is 2. The minimum Gasteiger partial charge on any atom is -0.362 e. The van der Waals surface area contributed by atoms with Crippen molar-refractivity contribution in [2.75, 3.05) is 0 Å². The molecule has 2 fully saturated rings. The normalized spacial score (nSPS) is 26.5. The molecule has 0 aromatic heterocycles. The van der Waals surface area contributed by atoms with E-state index in [9.17, 15) is 10.2 Å². The van der Waals surface area contributed by atoms with Crippen molar-refractivity contribution in [3.63, 3.8) is 0 Å². The Labute approximate surface area is 157 Å². The third kappa shape index (κ3) is 3.08. The van der Waals surface area contributed by atoms with E-state index < -0.39 is 11.2 Å². The Morgan fingerprint density at radius 2 is 1.27 bits per heavy atom. The summed E-state index contributed by atoms with van der Waals surface area (Å²) in [6.07, 6.45) is 17.8. The van der Waals surface area contributed by atoms with Gasteiger partial charge in [0.25, 0.3) is 0 Å². The summed E-state index contributed by atoms with van der Waals surface area (Å²) in [5.41, 5.74) is 1.78. The van der Waals surface area contributed by atoms with Crippen molar-refractivity contribution >= 4 is 5.57 Å². The van der Waals surface area contributed by atoms with Gasteiger partial charge < -0.3 is 10.2 Å². The molecule has 0 atom stereocenters. The van der Waals surface area contributed by atoms with Crippen molar-refractivity contribution in [3.8, 4) is 0 Å². The van der Waals surface area contributed by atoms with Crippen molar-refractivity contribution in [2.45, 2.75) is 70.0 Å². The minimum absolute atomic E-state index is 0.359. The van der Waals surface area contributed by atoms with E-state index >= 15 is 0 Å². The van der Waals surface area contributed by atoms with Gasteiger partial charge in [-0.05, 0) is 54.7 Å². The van der Waals surface area contributed by atoms with E-state index in [1.807, 2.05) is 12.1 Å². The molecular weight excluding hydrogens is 320 g/mol. The van der Waals surface area contributed by atoms with Gasteiger partial charge in [-0.3, -0.25) is 0 Å². The van der Waals surface area contributed by atoms with Crippen LogP contribution in [0.1, 0.15) is 69.8 Å². The third-order valence-corrected chi connectivity index (χ3v) is 7.20. The van der Waals surface area contributed by atoms with Crippen LogP contribution in [0.5, 0.6) is 0 Å². The maximum Gasteiger partial charge on any atom is 0.192 e. The summed E-state index contributed by atoms with van der Waals surface area (Å²) in [6.45, 7) is 0. The molecule has 0 saturated heterocycles. The molecule has 0 unspecified atom stereocenters. The monoisotopic (exact) mass is 352 g/mol. The Kier molecular flexibility index (Phi) is 5.07. The van der Waals surface area contributed by atoms with Gasteiger partial charge in [-0.2, -0.15) is 0 Å². The summed E-state index contributed by atoms with van der Waals surface area (Å²) in [5.74, 6) is -1.02. The Morgan fingerprint density at radius 1 is 0.731 bits per heavy atom. The molecule has 2 heteroatoms. The summed E-state index contributed by atoms with van der Waals surface area (Å²) in [5, 5.41) is 22.6. The molecule has 0 radical (unpaired) electrons. The van der Waals surface area contributed by atoms with E-state index in [-0.39, 0.29) is 0 Å². The molecule has 0 spiro atoms. The van der Waals surface area contributed by atoms with Crippen LogP contribution in [0.15, 0.2) is 48.6 Å². The lowest BCUT2D eigenvalue weighted by molar-refractivity contribution is -0.232. The summed E-state index contributed by atoms with van der Waals surface area (Å²) in [6, 6.07) is 10.4. The van der Waals surface area contributed by atoms with E-state index in [1.165, 1.54) is 44.1 Å². The second kappa shape index (κ2) is 7.32. The summed E-state index contributed by atoms with van der Waals surface area (Å²) < 4.78 is 0. The fraction of sp³-hybridized carbons (Fsp3) is 0.583. The molecule has 0 aliphatic heterocycles. The average Bonchev–Trinajstić information content (AvgIpc) is 2.70. The first kappa shape index (κ1) is 18.0. The highest BCUT2D eigenvalue weighted by Gasteiger charge is 2.57. The van der Waals surface area contributed by atoms with Crippen molar-refractivity contribution in [3.05, 3.63) is 54.1 Å². The van der Waals surface area contributed by atoms with Crippen LogP contribution in [0.3, 0.4) is 0 Å². The quantitative estimate of drug-likeness (QED) is 0.708. The molecular formula is C24H32O2. The van der Waals surface area contributed by atoms with E-state index in [4.69, 9.17) is 0 Å². The van der Waals surface area contributed by atoms with E-state index in [0.717, 1.165) is 31.3 Å². The average molecular weight is 353 g/mol. The molecule has 26 heavy (non-hydrogen) atoms. The standard InChI is InChI=1S/C24H32O2/c25-24(26)17-16-20(19-10-4-1-5-11-19)18-23(24,21-12-6-2-7-13-21)22-14-8-3-9-15-22/h1,4-5,10-11,16-18,21-22,25-26H,2-3,6-9,12-15H2. The number of rotatable bonds is 3. The maximum absolute atomic E-state index is 11.3. The third-order valence-electron chi connectivity index (χ3n) is 7.20. The van der Waals surface area contributed by atoms with Crippen LogP contribution in [0, 0.1) is 17.3 Å². The zero-order valence-electron chi connectivity index (χ0n) is 15.7. The summed E-state index contributed by atoms with van der Waals surface area (Å²) in [7, 11) is 0. The molecule has 0 amide bonds. The number of benzene rings is 1. The first-order valence-corrected chi connectivity index (χ1v) is 10.6. The van der Waals surface area contributed by atoms with Crippen LogP contribution in [0.2, 0.25) is 0 Å². The number of hydrogen-bond acceptors (Lipinski definition) is 2. The van der Waals surface area contributed by atoms with Crippen LogP contribution >= 0.6 is 0 Å². The van der Waals surface area contributed by atoms with Gasteiger partial charge in [0.05, 0.1) is 5.41 Å². The van der Waals surface area contributed by atoms with Crippen molar-refractivity contribution in [2.24, 2.45) is 17.3 Å². The predicted molar refractivity (Wildman–Crippen MR) is 106 cm³/mol. The minimum atomic E-state index is -1.74. The van der Waals surface area contributed by atoms with Crippen LogP contribution in [0.25, 0.3) is 5.57 Å². The van der Waals surface area contributed by atoms with Crippen molar-refractivity contribution < 1.29 is 10.2 Å². The summed E-state index contributed by atoms with van der Waals surface area (Å²) >= 11 is 0. The van der Waals surface area contributed by atoms with Gasteiger partial charge in [-0.25, -0.2) is 0 Å². The predicted octanol–water partition coefficient (Wildman–Crippen LogP) is 5.47. The van der Waals surface area contributed by atoms with Crippen LogP contribution < -0.4 is 0 Å². The Morgan fingerprint density at radius 3 is 1.81 bits per heavy atom. The number of allylic oxidation sites excluding steroid dienone is 2. The largest absolute Gasteiger partial charge is 0.362 e. The molecule has 0 bridgehead atoms. The van der Waals surface area contributed by atoms with Crippen molar-refractivity contribution in [1.82, 2.24) is 0 Å². The van der Waals surface area contributed by atoms with Gasteiger partial charge >= 0.3 is 0 Å². The highest BCUT2D eigenvalue weighted by atomic mass is 16.5. The SMILES string of the molecule is OC1(O)C=CC(c2ccccc2)=CC1(C1CCCCC1)C1CCCCC1. The van der Waals surface area contributed by atoms with Crippen LogP contribution in [0.4, 0.5) is 0 Å². The Hall–Kier alpha value is -1.38. The van der Waals surface area contributed by atoms with Crippen LogP contribution in [-0.2, 0) is 0 Å². The lowest BCUT2D eigenvalue weighted by Gasteiger charge is -2.54. The fourth-order valence-electron chi connectivity index (χ4n) is 5.90. The highest BCUT2D eigenvalue weighted by molar-refractivity contribution is 5.76. The smallest absolute Gasteiger partial charge is 0.192 e. The molecule has 1 aromatic rings. The lowest BCUT2D eigenvalue weighted by Crippen LogP contribution is -2.56. The molecule has 2 nitrogen and oxygen atoms in total. The molecule has 2 N–H and O–H groups in total. The second-order valence-corrected chi connectivity index (χ2v) is 8.63. The van der Waals surface area contributed by atoms with Crippen molar-refractivity contribution in [1.29, 1.82) is 0 Å². The molecule has 2 saturated carbocycles. The zero-order chi connectivity index (χ0) is 18.0. The molecule has 1 aromatic carbocycles. The van der Waals surface area contributed by atoms with E-state index in [1.54, 1.807) is 6.08 Å². The van der Waals surface area contributed by atoms with E-state index in [0.29, 0.717) is 11.8 Å². The first-order valence-electron chi connectivity index (χ1n) is 10.6. The zero-order valence-corrected chi connectivity index (χ0v) is 15.7. The first-order chi connectivity index (χ1) is 12.6. The number of aliphatic hydroxyl groups is 2. The highest BCUT2D eigenvalue weighted by Crippen LogP contribution is 2.57. The lowest BCUT2D eigenvalue weighted by atomic mass is 9.53. The fourth-order valence-corrected chi connectivity index (χ4v) is 5.90. The molecule has 4 rings (SSSR count). The maximum atomic E-state index is 11.3. The molecule has 0 heterocycles. The van der Waals surface area contributed by atoms with Gasteiger partial charge in [0.2, 0.25) is 0 Å². The molecule has 3 aliphatic rings. The van der Waals surface area contributed by atoms with Gasteiger partial charge in [0.1, 0.15) is 0 Å². The van der Waals surface area contributed by atoms with Gasteiger partial charge in [-0.1, -0.05) is 81.0 Å². The summed E-state index contributed by atoms with van der Waals surface area (Å²) in [4.78, 5) is 0. The second-order valence-electron chi connectivity index (χ2n) is 8.63. The molecule has 140 valence electrons. The van der Waals surface area contributed by atoms with E-state index in [2.05, 4.69) is 30.3 Å². The van der Waals surface area contributed by atoms with Crippen LogP contribution in [-0.4, -0.2) is 16.0 Å². The Bertz CT molecular complexity index is 641. The van der Waals surface area contributed by atoms with Gasteiger partial charge in [0.15, 0.2) is 5.79 Å². The van der Waals surface area contributed by atoms with Gasteiger partial charge in [0, 0.05) is 0 Å². The van der Waals surface area contributed by atoms with Gasteiger partial charge in [-0.15, -0.1) is 0 Å².